The summed E-state index contributed by atoms with van der Waals surface area (Å²) < 4.78 is 29.8. The molecule has 4 amide bonds. The number of piperidine rings is 2. The van der Waals surface area contributed by atoms with Crippen LogP contribution in [0.2, 0.25) is 0 Å². The van der Waals surface area contributed by atoms with Gasteiger partial charge in [-0.25, -0.2) is 44.7 Å². The highest BCUT2D eigenvalue weighted by Gasteiger charge is 2.35. The standard InChI is InChI=1S/C29H36N6O4.C29H35N5O4.C12H12NO2P/c1-6-19-13-14-31-23(16-19)32-27(37)21-11-9-20(10-12-21)24-25(18(2)36)35(30)26(33-24)22-8-7-15-34(17-22)28(38)39-29(3,4)5;1-6-19-13-14-30-23(16-19)31-27(36)21-11-9-20(10-12-21)25-24(18(2)35)32-26(33-25)22-8-7-15-34(17-22)28(37)38-29(3,4)5;13-15-16(14,11-7-3-1-4-8-11)12-9-5-2-6-10-12/h9-14,16,22H,6-8,15,17,30H2,1-5H3,(H,31,32,37);9-14,16,22H,6-8,15,17H2,1-5H3,(H,32,33)(H,30,31,36);1-10H,13H2/t2*22-;/m11./s1. The second-order valence-electron chi connectivity index (χ2n) is 24.7. The van der Waals surface area contributed by atoms with E-state index < -0.39 is 18.6 Å². The van der Waals surface area contributed by atoms with Crippen molar-refractivity contribution < 1.29 is 47.4 Å². The fourth-order valence-electron chi connectivity index (χ4n) is 10.7. The van der Waals surface area contributed by atoms with E-state index in [2.05, 4.69) is 25.6 Å². The smallest absolute Gasteiger partial charge is 0.410 e. The molecule has 2 aliphatic heterocycles. The maximum Gasteiger partial charge on any atom is 0.410 e. The first-order valence-electron chi connectivity index (χ1n) is 31.1. The van der Waals surface area contributed by atoms with Crippen LogP contribution in [0.25, 0.3) is 22.5 Å². The van der Waals surface area contributed by atoms with E-state index >= 15 is 0 Å². The van der Waals surface area contributed by atoms with Gasteiger partial charge in [-0.1, -0.05) is 74.5 Å². The van der Waals surface area contributed by atoms with Crippen molar-refractivity contribution in [3.8, 4) is 22.5 Å². The quantitative estimate of drug-likeness (QED) is 0.0276. The maximum atomic E-state index is 12.8. The number of imidazole rings is 2. The van der Waals surface area contributed by atoms with Crippen LogP contribution in [-0.4, -0.2) is 112 Å². The van der Waals surface area contributed by atoms with Crippen molar-refractivity contribution in [2.24, 2.45) is 5.90 Å². The molecular formula is C70H83N12O10P. The lowest BCUT2D eigenvalue weighted by Crippen LogP contribution is -2.43. The Kier molecular flexibility index (Phi) is 22.8. The molecule has 0 bridgehead atoms. The van der Waals surface area contributed by atoms with Gasteiger partial charge in [0, 0.05) is 97.1 Å². The van der Waals surface area contributed by atoms with Crippen LogP contribution in [0.4, 0.5) is 21.2 Å². The molecule has 2 saturated heterocycles. The molecule has 0 unspecified atom stereocenters. The third kappa shape index (κ3) is 18.1. The Morgan fingerprint density at radius 2 is 1.04 bits per heavy atom. The Hall–Kier alpha value is -9.63. The van der Waals surface area contributed by atoms with E-state index in [0.29, 0.717) is 93.8 Å². The number of H-pyrrole nitrogens is 1. The van der Waals surface area contributed by atoms with Gasteiger partial charge < -0.3 is 40.7 Å². The zero-order valence-corrected chi connectivity index (χ0v) is 55.3. The van der Waals surface area contributed by atoms with Crippen molar-refractivity contribution in [2.75, 3.05) is 42.7 Å². The summed E-state index contributed by atoms with van der Waals surface area (Å²) in [4.78, 5) is 100. The van der Waals surface area contributed by atoms with Gasteiger partial charge in [0.05, 0.1) is 5.69 Å². The molecule has 8 aromatic rings. The molecule has 23 heteroatoms. The number of hydrogen-bond acceptors (Lipinski definition) is 16. The number of aromatic nitrogens is 6. The van der Waals surface area contributed by atoms with Crippen molar-refractivity contribution >= 4 is 65.2 Å². The summed E-state index contributed by atoms with van der Waals surface area (Å²) in [5.74, 6) is 12.7. The topological polar surface area (TPSA) is 302 Å². The summed E-state index contributed by atoms with van der Waals surface area (Å²) >= 11 is 0. The van der Waals surface area contributed by atoms with Crippen LogP contribution in [0.3, 0.4) is 0 Å². The number of hydrogen-bond donors (Lipinski definition) is 5. The molecule has 2 fully saturated rings. The highest BCUT2D eigenvalue weighted by molar-refractivity contribution is 7.74. The van der Waals surface area contributed by atoms with Crippen LogP contribution in [0.1, 0.15) is 171 Å². The van der Waals surface area contributed by atoms with Crippen LogP contribution in [-0.2, 0) is 31.5 Å². The number of benzene rings is 4. The summed E-state index contributed by atoms with van der Waals surface area (Å²) in [5.41, 5.74) is 4.96. The number of pyridine rings is 2. The highest BCUT2D eigenvalue weighted by atomic mass is 31.2. The van der Waals surface area contributed by atoms with E-state index in [9.17, 15) is 33.3 Å². The Balaban J connectivity index is 0.000000194. The van der Waals surface area contributed by atoms with E-state index in [0.717, 1.165) is 55.2 Å². The Labute approximate surface area is 542 Å². The number of aromatic amines is 1. The molecule has 488 valence electrons. The van der Waals surface area contributed by atoms with Gasteiger partial charge in [-0.2, -0.15) is 0 Å². The summed E-state index contributed by atoms with van der Waals surface area (Å²) in [5, 5.41) is 6.85. The molecule has 2 aliphatic rings. The number of carbonyl (C=O) groups excluding carboxylic acids is 6. The summed E-state index contributed by atoms with van der Waals surface area (Å²) in [6.45, 7) is 20.1. The van der Waals surface area contributed by atoms with E-state index in [1.54, 1.807) is 95.0 Å². The largest absolute Gasteiger partial charge is 0.444 e. The number of nitrogens with zero attached hydrogens (tertiary/aromatic N) is 7. The average Bonchev–Trinajstić information content (AvgIpc) is 1.69. The van der Waals surface area contributed by atoms with E-state index in [1.807, 2.05) is 116 Å². The third-order valence-corrected chi connectivity index (χ3v) is 17.6. The van der Waals surface area contributed by atoms with Gasteiger partial charge in [0.15, 0.2) is 11.6 Å². The SMILES string of the molecule is CCc1ccnc(NC(=O)c2ccc(-c3nc([C@@H]4CCCN(C(=O)OC(C)(C)C)C4)[nH]c3C(C)=O)cc2)c1.CCc1ccnc(NC(=O)c2ccc(-c3nc([C@@H]4CCCN(C(=O)OC(C)(C)C)C4)n(N)c3C(C)=O)cc2)c1.NOP(=O)(c1ccccc1)c1ccccc1. The van der Waals surface area contributed by atoms with Gasteiger partial charge in [0.2, 0.25) is 0 Å². The molecule has 7 N–H and O–H groups in total. The third-order valence-electron chi connectivity index (χ3n) is 15.4. The van der Waals surface area contributed by atoms with Crippen molar-refractivity contribution in [2.45, 2.75) is 131 Å². The van der Waals surface area contributed by atoms with Crippen molar-refractivity contribution in [1.29, 1.82) is 0 Å². The number of rotatable bonds is 15. The number of ether oxygens (including phenoxy) is 2. The highest BCUT2D eigenvalue weighted by Crippen LogP contribution is 2.42. The number of aryl methyl sites for hydroxylation is 2. The molecule has 93 heavy (non-hydrogen) atoms. The van der Waals surface area contributed by atoms with Crippen molar-refractivity contribution in [3.63, 3.8) is 0 Å². The van der Waals surface area contributed by atoms with Gasteiger partial charge in [0.1, 0.15) is 51.6 Å². The van der Waals surface area contributed by atoms with Crippen LogP contribution >= 0.6 is 7.37 Å². The Morgan fingerprint density at radius 3 is 1.46 bits per heavy atom. The molecule has 22 nitrogen and oxygen atoms in total. The first kappa shape index (κ1) is 69.3. The van der Waals surface area contributed by atoms with E-state index in [1.165, 1.54) is 18.5 Å². The number of nitrogen functional groups attached to an aromatic ring is 1. The lowest BCUT2D eigenvalue weighted by Gasteiger charge is -2.33. The zero-order chi connectivity index (χ0) is 67.2. The predicted molar refractivity (Wildman–Crippen MR) is 360 cm³/mol. The molecule has 0 spiro atoms. The first-order chi connectivity index (χ1) is 44.3. The van der Waals surface area contributed by atoms with Crippen LogP contribution in [0, 0.1) is 0 Å². The summed E-state index contributed by atoms with van der Waals surface area (Å²) in [6.07, 6.45) is 7.52. The van der Waals surface area contributed by atoms with E-state index in [4.69, 9.17) is 35.8 Å². The lowest BCUT2D eigenvalue weighted by molar-refractivity contribution is 0.0185. The van der Waals surface area contributed by atoms with Gasteiger partial charge in [-0.15, -0.1) is 0 Å². The average molecular weight is 1280 g/mol. The molecule has 10 rings (SSSR count). The molecule has 2 atom stereocenters. The van der Waals surface area contributed by atoms with Gasteiger partial charge in [-0.3, -0.25) is 23.7 Å². The lowest BCUT2D eigenvalue weighted by atomic mass is 9.97. The molecule has 0 radical (unpaired) electrons. The molecule has 0 saturated carbocycles. The van der Waals surface area contributed by atoms with Crippen LogP contribution in [0.5, 0.6) is 0 Å². The summed E-state index contributed by atoms with van der Waals surface area (Å²) in [6, 6.07) is 39.3. The van der Waals surface area contributed by atoms with Crippen molar-refractivity contribution in [1.82, 2.24) is 39.4 Å². The first-order valence-corrected chi connectivity index (χ1v) is 32.7. The second kappa shape index (κ2) is 30.7. The van der Waals surface area contributed by atoms with Gasteiger partial charge >= 0.3 is 12.2 Å². The fraction of sp³-hybridized carbons (Fsp3) is 0.343. The Bertz CT molecular complexity index is 3930. The molecule has 6 heterocycles. The fourth-order valence-corrected chi connectivity index (χ4v) is 12.3. The maximum absolute atomic E-state index is 12.8. The summed E-state index contributed by atoms with van der Waals surface area (Å²) in [7, 11) is -3.13. The second-order valence-corrected chi connectivity index (χ2v) is 27.1. The number of nitrogens with one attached hydrogen (secondary N) is 3. The number of anilines is 2. The number of carbonyl (C=O) groups is 6. The van der Waals surface area contributed by atoms with Crippen LogP contribution in [0.15, 0.2) is 146 Å². The normalized spacial score (nSPS) is 14.9. The van der Waals surface area contributed by atoms with Crippen molar-refractivity contribution in [3.05, 3.63) is 191 Å². The van der Waals surface area contributed by atoms with Gasteiger partial charge in [-0.05, 0) is 164 Å². The number of Topliss-reactive ketones (excluding diaryl/α,β-unsaturated/α-hetero) is 2. The number of amides is 4. The molecule has 4 aromatic carbocycles. The number of nitrogens with two attached hydrogens (primary N) is 2. The minimum atomic E-state index is -3.13. The monoisotopic (exact) mass is 1280 g/mol. The number of ketones is 2. The Morgan fingerprint density at radius 1 is 0.602 bits per heavy atom. The van der Waals surface area contributed by atoms with Crippen LogP contribution < -0.4 is 33.0 Å². The molecule has 0 aliphatic carbocycles. The minimum Gasteiger partial charge on any atom is -0.444 e. The molecule has 4 aromatic heterocycles. The zero-order valence-electron chi connectivity index (χ0n) is 54.4. The number of likely N-dealkylation sites (tertiary alicyclic amines) is 2. The molecular weight excluding hydrogens is 1200 g/mol. The minimum absolute atomic E-state index is 0.0421. The van der Waals surface area contributed by atoms with E-state index in [-0.39, 0.29) is 53.1 Å². The predicted octanol–water partition coefficient (Wildman–Crippen LogP) is 12.2. The van der Waals surface area contributed by atoms with Gasteiger partial charge in [0.25, 0.3) is 19.2 Å².